The monoisotopic (exact) mass is 285 g/mol. The molecule has 18 heavy (non-hydrogen) atoms. The number of ketones is 1. The van der Waals surface area contributed by atoms with Crippen molar-refractivity contribution < 1.29 is 4.79 Å². The Morgan fingerprint density at radius 2 is 2.33 bits per heavy atom. The summed E-state index contributed by atoms with van der Waals surface area (Å²) >= 11 is 3.44. The van der Waals surface area contributed by atoms with Gasteiger partial charge in [-0.25, -0.2) is 0 Å². The van der Waals surface area contributed by atoms with Gasteiger partial charge < -0.3 is 4.90 Å². The van der Waals surface area contributed by atoms with Gasteiger partial charge >= 0.3 is 0 Å². The number of carbonyl (C=O) groups excluding carboxylic acids is 1. The molecule has 102 valence electrons. The molecule has 0 N–H and O–H groups in total. The molecule has 1 rings (SSSR count). The first-order chi connectivity index (χ1) is 8.65. The van der Waals surface area contributed by atoms with E-state index in [1.807, 2.05) is 29.3 Å². The van der Waals surface area contributed by atoms with Crippen LogP contribution in [0.1, 0.15) is 35.9 Å². The lowest BCUT2D eigenvalue weighted by atomic mass is 10.1. The van der Waals surface area contributed by atoms with Gasteiger partial charge in [0.25, 0.3) is 0 Å². The van der Waals surface area contributed by atoms with E-state index in [0.717, 1.165) is 17.8 Å². The molecule has 1 heterocycles. The molecule has 0 saturated carbocycles. The summed E-state index contributed by atoms with van der Waals surface area (Å²) in [5.74, 6) is 1.50. The number of hydrogen-bond acceptors (Lipinski definition) is 4. The average Bonchev–Trinajstić information content (AvgIpc) is 2.89. The van der Waals surface area contributed by atoms with Crippen molar-refractivity contribution in [1.82, 2.24) is 4.90 Å². The normalized spacial score (nSPS) is 12.9. The minimum absolute atomic E-state index is 0.287. The first kappa shape index (κ1) is 15.7. The Kier molecular flexibility index (Phi) is 7.63. The predicted molar refractivity (Wildman–Crippen MR) is 83.0 cm³/mol. The maximum atomic E-state index is 11.8. The second-order valence-corrected chi connectivity index (χ2v) is 6.55. The summed E-state index contributed by atoms with van der Waals surface area (Å²) in [6.07, 6.45) is 4.99. The van der Waals surface area contributed by atoms with E-state index in [1.54, 1.807) is 11.3 Å². The van der Waals surface area contributed by atoms with Crippen LogP contribution in [-0.2, 0) is 0 Å². The number of thiophene rings is 1. The van der Waals surface area contributed by atoms with E-state index >= 15 is 0 Å². The van der Waals surface area contributed by atoms with Gasteiger partial charge in [-0.05, 0) is 56.8 Å². The zero-order valence-electron chi connectivity index (χ0n) is 11.5. The number of rotatable bonds is 9. The Morgan fingerprint density at radius 1 is 1.56 bits per heavy atom. The minimum Gasteiger partial charge on any atom is -0.304 e. The highest BCUT2D eigenvalue weighted by molar-refractivity contribution is 7.98. The summed E-state index contributed by atoms with van der Waals surface area (Å²) in [5.41, 5.74) is 0. The molecule has 0 amide bonds. The molecule has 4 heteroatoms. The molecule has 0 fully saturated rings. The maximum absolute atomic E-state index is 11.8. The van der Waals surface area contributed by atoms with Crippen LogP contribution in [0.3, 0.4) is 0 Å². The molecule has 0 aromatic carbocycles. The van der Waals surface area contributed by atoms with Crippen LogP contribution in [0.15, 0.2) is 17.5 Å². The van der Waals surface area contributed by atoms with Crippen molar-refractivity contribution >= 4 is 28.9 Å². The van der Waals surface area contributed by atoms with E-state index in [4.69, 9.17) is 0 Å². The largest absolute Gasteiger partial charge is 0.304 e. The van der Waals surface area contributed by atoms with Crippen LogP contribution in [0.5, 0.6) is 0 Å². The Labute approximate surface area is 119 Å². The molecule has 0 aliphatic rings. The molecule has 1 aromatic heterocycles. The quantitative estimate of drug-likeness (QED) is 0.644. The van der Waals surface area contributed by atoms with Crippen molar-refractivity contribution in [3.8, 4) is 0 Å². The van der Waals surface area contributed by atoms with Gasteiger partial charge in [-0.2, -0.15) is 11.8 Å². The van der Waals surface area contributed by atoms with Crippen molar-refractivity contribution in [2.45, 2.75) is 32.2 Å². The van der Waals surface area contributed by atoms with Crippen molar-refractivity contribution in [3.63, 3.8) is 0 Å². The first-order valence-electron chi connectivity index (χ1n) is 6.41. The molecule has 1 aromatic rings. The highest BCUT2D eigenvalue weighted by Gasteiger charge is 2.10. The molecule has 0 saturated heterocycles. The predicted octanol–water partition coefficient (Wildman–Crippen LogP) is 3.78. The molecule has 0 aliphatic carbocycles. The Hall–Kier alpha value is -0.320. The van der Waals surface area contributed by atoms with Crippen LogP contribution in [0, 0.1) is 0 Å². The SMILES string of the molecule is CSCCC(C)N(C)CCCC(=O)c1cccs1. The van der Waals surface area contributed by atoms with Crippen LogP contribution >= 0.6 is 23.1 Å². The highest BCUT2D eigenvalue weighted by atomic mass is 32.2. The van der Waals surface area contributed by atoms with Gasteiger partial charge in [0.1, 0.15) is 0 Å². The van der Waals surface area contributed by atoms with E-state index < -0.39 is 0 Å². The van der Waals surface area contributed by atoms with Crippen LogP contribution in [0.4, 0.5) is 0 Å². The van der Waals surface area contributed by atoms with Crippen molar-refractivity contribution in [2.75, 3.05) is 25.6 Å². The first-order valence-corrected chi connectivity index (χ1v) is 8.68. The molecule has 0 radical (unpaired) electrons. The van der Waals surface area contributed by atoms with E-state index in [0.29, 0.717) is 12.5 Å². The maximum Gasteiger partial charge on any atom is 0.172 e. The third-order valence-electron chi connectivity index (χ3n) is 3.20. The topological polar surface area (TPSA) is 20.3 Å². The van der Waals surface area contributed by atoms with Crippen molar-refractivity contribution in [1.29, 1.82) is 0 Å². The summed E-state index contributed by atoms with van der Waals surface area (Å²) in [6.45, 7) is 3.27. The second-order valence-electron chi connectivity index (χ2n) is 4.62. The van der Waals surface area contributed by atoms with Gasteiger partial charge in [0.05, 0.1) is 4.88 Å². The van der Waals surface area contributed by atoms with Crippen molar-refractivity contribution in [3.05, 3.63) is 22.4 Å². The molecule has 0 aliphatic heterocycles. The molecular formula is C14H23NOS2. The third kappa shape index (κ3) is 5.55. The number of carbonyl (C=O) groups is 1. The Balaban J connectivity index is 2.19. The van der Waals surface area contributed by atoms with Gasteiger partial charge in [0, 0.05) is 12.5 Å². The van der Waals surface area contributed by atoms with E-state index in [2.05, 4.69) is 25.1 Å². The molecule has 0 spiro atoms. The molecular weight excluding hydrogens is 262 g/mol. The fourth-order valence-corrected chi connectivity index (χ4v) is 3.05. The number of thioether (sulfide) groups is 1. The lowest BCUT2D eigenvalue weighted by Crippen LogP contribution is -2.30. The minimum atomic E-state index is 0.287. The van der Waals surface area contributed by atoms with Gasteiger partial charge in [0.2, 0.25) is 0 Å². The standard InChI is InChI=1S/C14H23NOS2/c1-12(8-11-17-3)15(2)9-4-6-13(16)14-7-5-10-18-14/h5,7,10,12H,4,6,8-9,11H2,1-3H3. The van der Waals surface area contributed by atoms with E-state index in [1.165, 1.54) is 12.2 Å². The molecule has 2 nitrogen and oxygen atoms in total. The van der Waals surface area contributed by atoms with Crippen LogP contribution in [0.2, 0.25) is 0 Å². The lowest BCUT2D eigenvalue weighted by Gasteiger charge is -2.24. The summed E-state index contributed by atoms with van der Waals surface area (Å²) in [4.78, 5) is 15.1. The smallest absolute Gasteiger partial charge is 0.172 e. The Bertz CT molecular complexity index is 338. The summed E-state index contributed by atoms with van der Waals surface area (Å²) in [7, 11) is 2.15. The van der Waals surface area contributed by atoms with Gasteiger partial charge in [-0.15, -0.1) is 11.3 Å². The fourth-order valence-electron chi connectivity index (χ4n) is 1.78. The third-order valence-corrected chi connectivity index (χ3v) is 4.76. The average molecular weight is 285 g/mol. The number of Topliss-reactive ketones (excluding diaryl/α,β-unsaturated/α-hetero) is 1. The Morgan fingerprint density at radius 3 is 2.94 bits per heavy atom. The molecule has 1 unspecified atom stereocenters. The van der Waals surface area contributed by atoms with Gasteiger partial charge in [-0.1, -0.05) is 6.07 Å². The van der Waals surface area contributed by atoms with Gasteiger partial charge in [-0.3, -0.25) is 4.79 Å². The highest BCUT2D eigenvalue weighted by Crippen LogP contribution is 2.13. The second kappa shape index (κ2) is 8.73. The number of hydrogen-bond donors (Lipinski definition) is 0. The fraction of sp³-hybridized carbons (Fsp3) is 0.643. The van der Waals surface area contributed by atoms with Crippen molar-refractivity contribution in [2.24, 2.45) is 0 Å². The molecule has 0 bridgehead atoms. The summed E-state index contributed by atoms with van der Waals surface area (Å²) in [5, 5.41) is 1.96. The van der Waals surface area contributed by atoms with Crippen LogP contribution in [0.25, 0.3) is 0 Å². The van der Waals surface area contributed by atoms with Gasteiger partial charge in [0.15, 0.2) is 5.78 Å². The van der Waals surface area contributed by atoms with E-state index in [-0.39, 0.29) is 5.78 Å². The lowest BCUT2D eigenvalue weighted by molar-refractivity contribution is 0.0978. The zero-order chi connectivity index (χ0) is 13.4. The van der Waals surface area contributed by atoms with Crippen LogP contribution in [-0.4, -0.2) is 42.3 Å². The summed E-state index contributed by atoms with van der Waals surface area (Å²) in [6, 6.07) is 4.46. The zero-order valence-corrected chi connectivity index (χ0v) is 13.1. The molecule has 1 atom stereocenters. The van der Waals surface area contributed by atoms with E-state index in [9.17, 15) is 4.79 Å². The summed E-state index contributed by atoms with van der Waals surface area (Å²) < 4.78 is 0. The van der Waals surface area contributed by atoms with Crippen LogP contribution < -0.4 is 0 Å². The number of nitrogens with zero attached hydrogens (tertiary/aromatic N) is 1.